The second kappa shape index (κ2) is 11.6. The third-order valence-corrected chi connectivity index (χ3v) is 3.66. The molecule has 4 nitrogen and oxygen atoms in total. The van der Waals surface area contributed by atoms with E-state index in [2.05, 4.69) is 43.2 Å². The Kier molecular flexibility index (Phi) is 12.9. The summed E-state index contributed by atoms with van der Waals surface area (Å²) in [7, 11) is 0. The highest BCUT2D eigenvalue weighted by Gasteiger charge is 2.18. The number of nitrogens with zero attached hydrogens (tertiary/aromatic N) is 1. The molecule has 1 unspecified atom stereocenters. The van der Waals surface area contributed by atoms with Crippen LogP contribution in [0.25, 0.3) is 0 Å². The van der Waals surface area contributed by atoms with Crippen molar-refractivity contribution in [2.75, 3.05) is 26.2 Å². The number of amides is 1. The van der Waals surface area contributed by atoms with Gasteiger partial charge in [0.25, 0.3) is 0 Å². The van der Waals surface area contributed by atoms with Crippen LogP contribution in [0.1, 0.15) is 40.5 Å². The number of hydrogen-bond acceptors (Lipinski definition) is 3. The summed E-state index contributed by atoms with van der Waals surface area (Å²) in [5.41, 5.74) is 0. The Hall–Kier alpha value is -0.0300. The normalized spacial score (nSPS) is 18.1. The quantitative estimate of drug-likeness (QED) is 0.752. The molecule has 0 aromatic rings. The third kappa shape index (κ3) is 8.30. The van der Waals surface area contributed by atoms with Crippen LogP contribution in [0.2, 0.25) is 0 Å². The van der Waals surface area contributed by atoms with Gasteiger partial charge in [0.1, 0.15) is 0 Å². The molecule has 0 bridgehead atoms. The molecular formula is C14H31Cl2N3O. The lowest BCUT2D eigenvalue weighted by Gasteiger charge is -2.30. The molecular weight excluding hydrogens is 297 g/mol. The standard InChI is InChI=1S/C14H29N3O.2ClH/c1-11(2)17(12(3)4)8-7-16-14(18)9-13-5-6-15-10-13;;/h11-13,15H,5-10H2,1-4H3,(H,16,18);2*1H. The van der Waals surface area contributed by atoms with Crippen LogP contribution >= 0.6 is 24.8 Å². The van der Waals surface area contributed by atoms with Gasteiger partial charge < -0.3 is 10.6 Å². The second-order valence-corrected chi connectivity index (χ2v) is 5.84. The molecule has 1 saturated heterocycles. The molecule has 0 saturated carbocycles. The highest BCUT2D eigenvalue weighted by atomic mass is 35.5. The number of carbonyl (C=O) groups excluding carboxylic acids is 1. The van der Waals surface area contributed by atoms with E-state index in [1.807, 2.05) is 0 Å². The Morgan fingerprint density at radius 2 is 1.85 bits per heavy atom. The minimum Gasteiger partial charge on any atom is -0.355 e. The maximum Gasteiger partial charge on any atom is 0.220 e. The van der Waals surface area contributed by atoms with Gasteiger partial charge in [0.2, 0.25) is 5.91 Å². The average molecular weight is 328 g/mol. The van der Waals surface area contributed by atoms with Crippen molar-refractivity contribution < 1.29 is 4.79 Å². The fourth-order valence-electron chi connectivity index (χ4n) is 2.66. The number of rotatable bonds is 7. The van der Waals surface area contributed by atoms with Crippen LogP contribution in [0, 0.1) is 5.92 Å². The Morgan fingerprint density at radius 3 is 2.30 bits per heavy atom. The molecule has 1 aliphatic rings. The van der Waals surface area contributed by atoms with Gasteiger partial charge in [-0.15, -0.1) is 24.8 Å². The number of nitrogens with one attached hydrogen (secondary N) is 2. The molecule has 1 fully saturated rings. The van der Waals surface area contributed by atoms with E-state index in [1.54, 1.807) is 0 Å². The SMILES string of the molecule is CC(C)N(CCNC(=O)CC1CCNC1)C(C)C.Cl.Cl. The summed E-state index contributed by atoms with van der Waals surface area (Å²) in [4.78, 5) is 14.2. The average Bonchev–Trinajstić information content (AvgIpc) is 2.75. The molecule has 1 aliphatic heterocycles. The highest BCUT2D eigenvalue weighted by molar-refractivity contribution is 5.85. The van der Waals surface area contributed by atoms with E-state index in [0.717, 1.165) is 32.6 Å². The first-order valence-corrected chi connectivity index (χ1v) is 7.24. The van der Waals surface area contributed by atoms with Crippen molar-refractivity contribution in [2.45, 2.75) is 52.6 Å². The van der Waals surface area contributed by atoms with E-state index < -0.39 is 0 Å². The molecule has 122 valence electrons. The zero-order valence-corrected chi connectivity index (χ0v) is 14.8. The van der Waals surface area contributed by atoms with Gasteiger partial charge in [-0.05, 0) is 53.1 Å². The summed E-state index contributed by atoms with van der Waals surface area (Å²) in [5.74, 6) is 0.743. The van der Waals surface area contributed by atoms with Crippen molar-refractivity contribution in [3.8, 4) is 0 Å². The van der Waals surface area contributed by atoms with E-state index in [4.69, 9.17) is 0 Å². The van der Waals surface area contributed by atoms with Gasteiger partial charge in [-0.2, -0.15) is 0 Å². The summed E-state index contributed by atoms with van der Waals surface area (Å²) in [6.07, 6.45) is 1.81. The second-order valence-electron chi connectivity index (χ2n) is 5.84. The van der Waals surface area contributed by atoms with Crippen molar-refractivity contribution in [3.05, 3.63) is 0 Å². The predicted molar refractivity (Wildman–Crippen MR) is 90.1 cm³/mol. The zero-order chi connectivity index (χ0) is 13.5. The number of halogens is 2. The minimum absolute atomic E-state index is 0. The minimum atomic E-state index is 0. The van der Waals surface area contributed by atoms with Crippen LogP contribution in [0.5, 0.6) is 0 Å². The molecule has 0 spiro atoms. The third-order valence-electron chi connectivity index (χ3n) is 3.66. The smallest absolute Gasteiger partial charge is 0.220 e. The lowest BCUT2D eigenvalue weighted by Crippen LogP contribution is -2.42. The Labute approximate surface area is 136 Å². The molecule has 1 atom stereocenters. The van der Waals surface area contributed by atoms with Gasteiger partial charge in [-0.25, -0.2) is 0 Å². The fraction of sp³-hybridized carbons (Fsp3) is 0.929. The first-order valence-electron chi connectivity index (χ1n) is 7.24. The summed E-state index contributed by atoms with van der Waals surface area (Å²) < 4.78 is 0. The molecule has 2 N–H and O–H groups in total. The van der Waals surface area contributed by atoms with E-state index in [0.29, 0.717) is 24.4 Å². The van der Waals surface area contributed by atoms with Crippen molar-refractivity contribution in [1.29, 1.82) is 0 Å². The van der Waals surface area contributed by atoms with Gasteiger partial charge in [-0.3, -0.25) is 9.69 Å². The maximum atomic E-state index is 11.8. The first-order chi connectivity index (χ1) is 8.50. The molecule has 6 heteroatoms. The Morgan fingerprint density at radius 1 is 1.25 bits per heavy atom. The van der Waals surface area contributed by atoms with Gasteiger partial charge in [0.05, 0.1) is 0 Å². The van der Waals surface area contributed by atoms with Crippen molar-refractivity contribution in [1.82, 2.24) is 15.5 Å². The van der Waals surface area contributed by atoms with Gasteiger partial charge in [-0.1, -0.05) is 0 Å². The van der Waals surface area contributed by atoms with Crippen LogP contribution in [0.3, 0.4) is 0 Å². The number of hydrogen-bond donors (Lipinski definition) is 2. The summed E-state index contributed by atoms with van der Waals surface area (Å²) in [6.45, 7) is 12.6. The Balaban J connectivity index is 0. The largest absolute Gasteiger partial charge is 0.355 e. The van der Waals surface area contributed by atoms with Gasteiger partial charge >= 0.3 is 0 Å². The zero-order valence-electron chi connectivity index (χ0n) is 13.1. The van der Waals surface area contributed by atoms with Crippen LogP contribution in [0.4, 0.5) is 0 Å². The molecule has 1 rings (SSSR count). The molecule has 0 aromatic carbocycles. The van der Waals surface area contributed by atoms with Gasteiger partial charge in [0, 0.05) is 31.6 Å². The van der Waals surface area contributed by atoms with Gasteiger partial charge in [0.15, 0.2) is 0 Å². The molecule has 0 radical (unpaired) electrons. The summed E-state index contributed by atoms with van der Waals surface area (Å²) in [6, 6.07) is 1.06. The fourth-order valence-corrected chi connectivity index (χ4v) is 2.66. The molecule has 0 aliphatic carbocycles. The van der Waals surface area contributed by atoms with E-state index >= 15 is 0 Å². The van der Waals surface area contributed by atoms with Crippen molar-refractivity contribution in [2.24, 2.45) is 5.92 Å². The van der Waals surface area contributed by atoms with Crippen LogP contribution in [-0.4, -0.2) is 49.1 Å². The lowest BCUT2D eigenvalue weighted by atomic mass is 10.0. The lowest BCUT2D eigenvalue weighted by molar-refractivity contribution is -0.122. The van der Waals surface area contributed by atoms with E-state index in [-0.39, 0.29) is 30.7 Å². The maximum absolute atomic E-state index is 11.8. The van der Waals surface area contributed by atoms with E-state index in [9.17, 15) is 4.79 Å². The van der Waals surface area contributed by atoms with Crippen LogP contribution in [-0.2, 0) is 4.79 Å². The molecule has 1 amide bonds. The highest BCUT2D eigenvalue weighted by Crippen LogP contribution is 2.11. The predicted octanol–water partition coefficient (Wildman–Crippen LogP) is 2.06. The summed E-state index contributed by atoms with van der Waals surface area (Å²) in [5, 5.41) is 6.34. The van der Waals surface area contributed by atoms with Crippen LogP contribution in [0.15, 0.2) is 0 Å². The molecule has 0 aromatic heterocycles. The summed E-state index contributed by atoms with van der Waals surface area (Å²) >= 11 is 0. The topological polar surface area (TPSA) is 44.4 Å². The molecule has 20 heavy (non-hydrogen) atoms. The van der Waals surface area contributed by atoms with E-state index in [1.165, 1.54) is 0 Å². The van der Waals surface area contributed by atoms with Crippen molar-refractivity contribution in [3.63, 3.8) is 0 Å². The Bertz CT molecular complexity index is 249. The first kappa shape index (κ1) is 22.3. The molecule has 1 heterocycles. The monoisotopic (exact) mass is 327 g/mol. The van der Waals surface area contributed by atoms with Crippen molar-refractivity contribution >= 4 is 30.7 Å². The van der Waals surface area contributed by atoms with Crippen LogP contribution < -0.4 is 10.6 Å². The number of carbonyl (C=O) groups is 1.